The summed E-state index contributed by atoms with van der Waals surface area (Å²) in [4.78, 5) is 17.8. The molecular weight excluding hydrogens is 291 g/mol. The van der Waals surface area contributed by atoms with Gasteiger partial charge in [0.25, 0.3) is 0 Å². The van der Waals surface area contributed by atoms with E-state index in [0.717, 1.165) is 13.8 Å². The average molecular weight is 313 g/mol. The third-order valence-corrected chi connectivity index (χ3v) is 0. The van der Waals surface area contributed by atoms with Crippen LogP contribution in [0.2, 0.25) is 0 Å². The Labute approximate surface area is 109 Å². The maximum absolute atomic E-state index is 8.89. The van der Waals surface area contributed by atoms with Crippen molar-refractivity contribution >= 4 is 11.9 Å². The smallest absolute Gasteiger partial charge is 0.550 e. The van der Waals surface area contributed by atoms with Crippen molar-refractivity contribution in [2.45, 2.75) is 20.8 Å². The fourth-order valence-corrected chi connectivity index (χ4v) is 0. The zero-order chi connectivity index (χ0) is 9.86. The Morgan fingerprint density at radius 2 is 0.882 bits per heavy atom. The van der Waals surface area contributed by atoms with Crippen molar-refractivity contribution in [3.05, 3.63) is 0 Å². The molecule has 11 heteroatoms. The van der Waals surface area contributed by atoms with Gasteiger partial charge in [-0.1, -0.05) is 0 Å². The van der Waals surface area contributed by atoms with Crippen molar-refractivity contribution in [2.24, 2.45) is 0 Å². The van der Waals surface area contributed by atoms with E-state index in [4.69, 9.17) is 24.9 Å². The molecular formula is C6H22NiO10. The number of aliphatic hydroxyl groups is 1. The summed E-state index contributed by atoms with van der Waals surface area (Å²) in [6.07, 6.45) is 0. The van der Waals surface area contributed by atoms with E-state index in [-0.39, 0.29) is 50.5 Å². The first-order valence-electron chi connectivity index (χ1n) is 2.84. The van der Waals surface area contributed by atoms with Gasteiger partial charge in [0.05, 0.1) is 0 Å². The molecule has 0 aromatic rings. The first-order valence-corrected chi connectivity index (χ1v) is 2.84. The predicted octanol–water partition coefficient (Wildman–Crippen LogP) is -6.61. The topological polar surface area (TPSA) is 258 Å². The van der Waals surface area contributed by atoms with Crippen LogP contribution in [0.1, 0.15) is 20.8 Å². The molecule has 0 aliphatic heterocycles. The molecule has 0 saturated heterocycles. The molecule has 17 heavy (non-hydrogen) atoms. The van der Waals surface area contributed by atoms with Crippen LogP contribution in [-0.4, -0.2) is 51.0 Å². The number of hydrogen-bond acceptors (Lipinski definition) is 5. The molecule has 0 spiro atoms. The minimum atomic E-state index is -1.08. The number of aliphatic hydroxyl groups excluding tert-OH is 1. The normalized spacial score (nSPS) is 4.00. The molecule has 11 N–H and O–H groups in total. The van der Waals surface area contributed by atoms with E-state index in [1.165, 1.54) is 0 Å². The maximum atomic E-state index is 8.89. The van der Waals surface area contributed by atoms with E-state index < -0.39 is 11.9 Å². The van der Waals surface area contributed by atoms with Gasteiger partial charge in [0.15, 0.2) is 0 Å². The molecule has 116 valence electrons. The van der Waals surface area contributed by atoms with E-state index in [2.05, 4.69) is 0 Å². The second-order valence-electron chi connectivity index (χ2n) is 1.30. The Morgan fingerprint density at radius 1 is 0.882 bits per heavy atom. The molecule has 0 aliphatic carbocycles. The molecule has 0 radical (unpaired) electrons. The predicted molar refractivity (Wildman–Crippen MR) is 52.2 cm³/mol. The van der Waals surface area contributed by atoms with Gasteiger partial charge >= 0.3 is 16.5 Å². The van der Waals surface area contributed by atoms with Crippen LogP contribution in [0.3, 0.4) is 0 Å². The second kappa shape index (κ2) is 79.8. The number of carbonyl (C=O) groups is 2. The van der Waals surface area contributed by atoms with E-state index >= 15 is 0 Å². The maximum Gasteiger partial charge on any atom is 2.00 e. The summed E-state index contributed by atoms with van der Waals surface area (Å²) in [5.74, 6) is -2.17. The molecule has 0 saturated carbocycles. The minimum Gasteiger partial charge on any atom is -0.550 e. The molecule has 0 aromatic heterocycles. The van der Waals surface area contributed by atoms with Gasteiger partial charge in [-0.05, 0) is 20.8 Å². The van der Waals surface area contributed by atoms with Gasteiger partial charge < -0.3 is 52.3 Å². The van der Waals surface area contributed by atoms with Gasteiger partial charge in [-0.25, -0.2) is 0 Å². The number of hydrogen-bond donors (Lipinski definition) is 1. The summed E-state index contributed by atoms with van der Waals surface area (Å²) in [6, 6.07) is 0. The average Bonchev–Trinajstić information content (AvgIpc) is 1.60. The van der Waals surface area contributed by atoms with Crippen LogP contribution < -0.4 is 10.2 Å². The minimum absolute atomic E-state index is 0. The summed E-state index contributed by atoms with van der Waals surface area (Å²) in [7, 11) is 0. The number of rotatable bonds is 0. The Morgan fingerprint density at radius 3 is 0.882 bits per heavy atom. The first-order chi connectivity index (χ1) is 4.88. The van der Waals surface area contributed by atoms with Crippen molar-refractivity contribution in [3.63, 3.8) is 0 Å². The van der Waals surface area contributed by atoms with Crippen molar-refractivity contribution in [1.82, 2.24) is 0 Å². The van der Waals surface area contributed by atoms with Crippen LogP contribution in [0, 0.1) is 0 Å². The zero-order valence-electron chi connectivity index (χ0n) is 9.60. The van der Waals surface area contributed by atoms with Gasteiger partial charge in [-0.3, -0.25) is 0 Å². The molecule has 0 aromatic carbocycles. The van der Waals surface area contributed by atoms with E-state index in [1.54, 1.807) is 6.92 Å². The summed E-state index contributed by atoms with van der Waals surface area (Å²) >= 11 is 0. The quantitative estimate of drug-likeness (QED) is 0.426. The van der Waals surface area contributed by atoms with E-state index in [9.17, 15) is 0 Å². The number of carboxylic acid groups (broad SMARTS) is 2. The Bertz CT molecular complexity index is 89.0. The van der Waals surface area contributed by atoms with Crippen LogP contribution in [0.25, 0.3) is 0 Å². The van der Waals surface area contributed by atoms with Gasteiger partial charge in [0.1, 0.15) is 0 Å². The van der Waals surface area contributed by atoms with E-state index in [0.29, 0.717) is 0 Å². The summed E-state index contributed by atoms with van der Waals surface area (Å²) in [5.41, 5.74) is 0. The Hall–Kier alpha value is -0.806. The fourth-order valence-electron chi connectivity index (χ4n) is 0. The van der Waals surface area contributed by atoms with Gasteiger partial charge in [-0.15, -0.1) is 0 Å². The second-order valence-corrected chi connectivity index (χ2v) is 1.30. The summed E-state index contributed by atoms with van der Waals surface area (Å²) < 4.78 is 0. The molecule has 0 heterocycles. The summed E-state index contributed by atoms with van der Waals surface area (Å²) in [6.45, 7) is 3.88. The molecule has 0 fully saturated rings. The van der Waals surface area contributed by atoms with Crippen LogP contribution in [0.5, 0.6) is 0 Å². The number of carboxylic acids is 2. The molecule has 0 rings (SSSR count). The van der Waals surface area contributed by atoms with Crippen molar-refractivity contribution in [1.29, 1.82) is 0 Å². The zero-order valence-corrected chi connectivity index (χ0v) is 10.6. The van der Waals surface area contributed by atoms with Crippen LogP contribution in [0.4, 0.5) is 0 Å². The third-order valence-electron chi connectivity index (χ3n) is 0. The van der Waals surface area contributed by atoms with Crippen LogP contribution in [-0.2, 0) is 26.1 Å². The monoisotopic (exact) mass is 312 g/mol. The van der Waals surface area contributed by atoms with Crippen molar-refractivity contribution in [2.75, 3.05) is 6.61 Å². The SMILES string of the molecule is CC(=O)[O-].CC(=O)[O-].CCO.O.O.O.O.O.[Ni+2]. The van der Waals surface area contributed by atoms with Crippen molar-refractivity contribution < 1.29 is 68.8 Å². The molecule has 0 atom stereocenters. The van der Waals surface area contributed by atoms with Gasteiger partial charge in [0.2, 0.25) is 0 Å². The first kappa shape index (κ1) is 72.2. The van der Waals surface area contributed by atoms with Crippen LogP contribution >= 0.6 is 0 Å². The molecule has 10 nitrogen and oxygen atoms in total. The molecule has 0 amide bonds. The fraction of sp³-hybridized carbons (Fsp3) is 0.667. The Balaban J connectivity index is -0.00000000691. The van der Waals surface area contributed by atoms with Crippen molar-refractivity contribution in [3.8, 4) is 0 Å². The van der Waals surface area contributed by atoms with Gasteiger partial charge in [-0.2, -0.15) is 0 Å². The largest absolute Gasteiger partial charge is 2.00 e. The van der Waals surface area contributed by atoms with E-state index in [1.807, 2.05) is 0 Å². The van der Waals surface area contributed by atoms with Gasteiger partial charge in [0, 0.05) is 18.5 Å². The number of aliphatic carboxylic acids is 2. The third kappa shape index (κ3) is 4070. The number of carbonyl (C=O) groups excluding carboxylic acids is 2. The molecule has 0 aliphatic rings. The van der Waals surface area contributed by atoms with Crippen LogP contribution in [0.15, 0.2) is 0 Å². The molecule has 0 unspecified atom stereocenters. The Kier molecular flexibility index (Phi) is 339. The molecule has 0 bridgehead atoms. The summed E-state index contributed by atoms with van der Waals surface area (Å²) in [5, 5.41) is 25.3. The standard InChI is InChI=1S/2C2H4O2.C2H6O.Ni.5H2O/c2*1-2(3)4;1-2-3;;;;;;/h2*1H3,(H,3,4);3H,2H2,1H3;;5*1H2/q;;;+2;;;;;/p-2.